The van der Waals surface area contributed by atoms with E-state index in [4.69, 9.17) is 9.26 Å². The smallest absolute Gasteiger partial charge is 0.294 e. The van der Waals surface area contributed by atoms with Crippen LogP contribution in [0.2, 0.25) is 0 Å². The molecule has 106 valence electrons. The Bertz CT molecular complexity index is 575. The number of amides is 1. The fourth-order valence-corrected chi connectivity index (χ4v) is 1.60. The standard InChI is InChI=1S/C15H18N2O3/c1-4-11(3)19-13-7-5-12(6-8-13)16-15(18)14-9-10(2)17-20-14/h5-9,11H,4H2,1-3H3,(H,16,18). The van der Waals surface area contributed by atoms with Gasteiger partial charge in [0.05, 0.1) is 11.8 Å². The Morgan fingerprint density at radius 3 is 2.65 bits per heavy atom. The molecular weight excluding hydrogens is 256 g/mol. The summed E-state index contributed by atoms with van der Waals surface area (Å²) in [5.41, 5.74) is 1.35. The van der Waals surface area contributed by atoms with Gasteiger partial charge in [0.2, 0.25) is 5.76 Å². The average Bonchev–Trinajstić information content (AvgIpc) is 2.87. The van der Waals surface area contributed by atoms with Gasteiger partial charge in [0, 0.05) is 11.8 Å². The number of benzene rings is 1. The number of aryl methyl sites for hydroxylation is 1. The highest BCUT2D eigenvalue weighted by molar-refractivity contribution is 6.02. The third-order valence-electron chi connectivity index (χ3n) is 2.88. The summed E-state index contributed by atoms with van der Waals surface area (Å²) in [7, 11) is 0. The molecule has 0 aliphatic rings. The number of ether oxygens (including phenoxy) is 1. The fourth-order valence-electron chi connectivity index (χ4n) is 1.60. The van der Waals surface area contributed by atoms with Gasteiger partial charge < -0.3 is 14.6 Å². The number of rotatable bonds is 5. The Balaban J connectivity index is 1.98. The summed E-state index contributed by atoms with van der Waals surface area (Å²) in [6.07, 6.45) is 1.12. The van der Waals surface area contributed by atoms with E-state index in [1.165, 1.54) is 0 Å². The van der Waals surface area contributed by atoms with E-state index in [0.29, 0.717) is 11.4 Å². The number of aromatic nitrogens is 1. The fraction of sp³-hybridized carbons (Fsp3) is 0.333. The molecule has 0 aliphatic carbocycles. The lowest BCUT2D eigenvalue weighted by atomic mass is 10.2. The number of nitrogens with zero attached hydrogens (tertiary/aromatic N) is 1. The van der Waals surface area contributed by atoms with Gasteiger partial charge in [-0.3, -0.25) is 4.79 Å². The van der Waals surface area contributed by atoms with Crippen LogP contribution in [-0.4, -0.2) is 17.2 Å². The van der Waals surface area contributed by atoms with E-state index in [2.05, 4.69) is 17.4 Å². The van der Waals surface area contributed by atoms with Crippen molar-refractivity contribution in [3.8, 4) is 5.75 Å². The molecule has 2 aromatic rings. The highest BCUT2D eigenvalue weighted by Crippen LogP contribution is 2.18. The molecule has 1 aromatic heterocycles. The second kappa shape index (κ2) is 6.23. The first-order valence-corrected chi connectivity index (χ1v) is 6.60. The van der Waals surface area contributed by atoms with Crippen molar-refractivity contribution in [3.63, 3.8) is 0 Å². The van der Waals surface area contributed by atoms with E-state index >= 15 is 0 Å². The minimum atomic E-state index is -0.318. The summed E-state index contributed by atoms with van der Waals surface area (Å²) in [6.45, 7) is 5.85. The highest BCUT2D eigenvalue weighted by atomic mass is 16.5. The zero-order valence-corrected chi connectivity index (χ0v) is 11.8. The SMILES string of the molecule is CCC(C)Oc1ccc(NC(=O)c2cc(C)no2)cc1. The van der Waals surface area contributed by atoms with Crippen LogP contribution < -0.4 is 10.1 Å². The average molecular weight is 274 g/mol. The predicted molar refractivity (Wildman–Crippen MR) is 76.0 cm³/mol. The molecule has 0 spiro atoms. The Hall–Kier alpha value is -2.30. The van der Waals surface area contributed by atoms with E-state index in [9.17, 15) is 4.79 Å². The molecule has 20 heavy (non-hydrogen) atoms. The number of hydrogen-bond acceptors (Lipinski definition) is 4. The van der Waals surface area contributed by atoms with Crippen LogP contribution >= 0.6 is 0 Å². The maximum absolute atomic E-state index is 11.9. The minimum absolute atomic E-state index is 0.174. The monoisotopic (exact) mass is 274 g/mol. The van der Waals surface area contributed by atoms with Crippen LogP contribution in [0.5, 0.6) is 5.75 Å². The molecular formula is C15H18N2O3. The van der Waals surface area contributed by atoms with Crippen LogP contribution in [0, 0.1) is 6.92 Å². The molecule has 0 bridgehead atoms. The molecule has 0 saturated heterocycles. The lowest BCUT2D eigenvalue weighted by molar-refractivity contribution is 0.0988. The first-order chi connectivity index (χ1) is 9.58. The van der Waals surface area contributed by atoms with Crippen molar-refractivity contribution in [2.24, 2.45) is 0 Å². The van der Waals surface area contributed by atoms with Gasteiger partial charge in [-0.1, -0.05) is 12.1 Å². The molecule has 1 heterocycles. The van der Waals surface area contributed by atoms with E-state index in [1.807, 2.05) is 19.1 Å². The molecule has 1 amide bonds. The van der Waals surface area contributed by atoms with Crippen molar-refractivity contribution in [1.29, 1.82) is 0 Å². The van der Waals surface area contributed by atoms with E-state index in [1.54, 1.807) is 25.1 Å². The van der Waals surface area contributed by atoms with Gasteiger partial charge in [0.15, 0.2) is 0 Å². The van der Waals surface area contributed by atoms with Crippen LogP contribution in [0.4, 0.5) is 5.69 Å². The third kappa shape index (κ3) is 3.60. The van der Waals surface area contributed by atoms with Crippen LogP contribution in [-0.2, 0) is 0 Å². The summed E-state index contributed by atoms with van der Waals surface area (Å²) >= 11 is 0. The summed E-state index contributed by atoms with van der Waals surface area (Å²) in [5, 5.41) is 6.42. The maximum atomic E-state index is 11.9. The van der Waals surface area contributed by atoms with Crippen LogP contribution in [0.25, 0.3) is 0 Å². The third-order valence-corrected chi connectivity index (χ3v) is 2.88. The molecule has 5 nitrogen and oxygen atoms in total. The summed E-state index contributed by atoms with van der Waals surface area (Å²) in [5.74, 6) is 0.663. The molecule has 0 radical (unpaired) electrons. The minimum Gasteiger partial charge on any atom is -0.491 e. The first kappa shape index (κ1) is 14.1. The highest BCUT2D eigenvalue weighted by Gasteiger charge is 2.11. The van der Waals surface area contributed by atoms with E-state index < -0.39 is 0 Å². The van der Waals surface area contributed by atoms with Crippen molar-refractivity contribution >= 4 is 11.6 Å². The van der Waals surface area contributed by atoms with Gasteiger partial charge in [0.1, 0.15) is 5.75 Å². The summed E-state index contributed by atoms with van der Waals surface area (Å²) in [6, 6.07) is 8.83. The lowest BCUT2D eigenvalue weighted by Gasteiger charge is -2.12. The second-order valence-electron chi connectivity index (χ2n) is 4.65. The normalized spacial score (nSPS) is 11.9. The topological polar surface area (TPSA) is 64.4 Å². The van der Waals surface area contributed by atoms with Crippen molar-refractivity contribution in [2.45, 2.75) is 33.3 Å². The molecule has 5 heteroatoms. The van der Waals surface area contributed by atoms with Crippen molar-refractivity contribution in [1.82, 2.24) is 5.16 Å². The molecule has 1 atom stereocenters. The predicted octanol–water partition coefficient (Wildman–Crippen LogP) is 3.41. The Morgan fingerprint density at radius 1 is 1.40 bits per heavy atom. The zero-order chi connectivity index (χ0) is 14.5. The van der Waals surface area contributed by atoms with E-state index in [-0.39, 0.29) is 17.8 Å². The molecule has 1 unspecified atom stereocenters. The maximum Gasteiger partial charge on any atom is 0.294 e. The quantitative estimate of drug-likeness (QED) is 0.907. The number of hydrogen-bond donors (Lipinski definition) is 1. The van der Waals surface area contributed by atoms with Gasteiger partial charge in [-0.25, -0.2) is 0 Å². The molecule has 0 aliphatic heterocycles. The summed E-state index contributed by atoms with van der Waals surface area (Å²) in [4.78, 5) is 11.9. The first-order valence-electron chi connectivity index (χ1n) is 6.60. The Labute approximate surface area is 117 Å². The van der Waals surface area contributed by atoms with Crippen LogP contribution in [0.3, 0.4) is 0 Å². The molecule has 1 N–H and O–H groups in total. The largest absolute Gasteiger partial charge is 0.491 e. The van der Waals surface area contributed by atoms with Crippen molar-refractivity contribution in [2.75, 3.05) is 5.32 Å². The lowest BCUT2D eigenvalue weighted by Crippen LogP contribution is -2.11. The number of carbonyl (C=O) groups excluding carboxylic acids is 1. The molecule has 0 fully saturated rings. The number of nitrogens with one attached hydrogen (secondary N) is 1. The van der Waals surface area contributed by atoms with Crippen LogP contribution in [0.1, 0.15) is 36.5 Å². The summed E-state index contributed by atoms with van der Waals surface area (Å²) < 4.78 is 10.6. The van der Waals surface area contributed by atoms with Gasteiger partial charge in [-0.15, -0.1) is 0 Å². The Kier molecular flexibility index (Phi) is 4.40. The second-order valence-corrected chi connectivity index (χ2v) is 4.65. The van der Waals surface area contributed by atoms with Gasteiger partial charge in [-0.2, -0.15) is 0 Å². The molecule has 2 rings (SSSR count). The zero-order valence-electron chi connectivity index (χ0n) is 11.8. The number of anilines is 1. The Morgan fingerprint density at radius 2 is 2.10 bits per heavy atom. The number of carbonyl (C=O) groups is 1. The van der Waals surface area contributed by atoms with E-state index in [0.717, 1.165) is 12.2 Å². The van der Waals surface area contributed by atoms with Gasteiger partial charge >= 0.3 is 0 Å². The molecule has 1 aromatic carbocycles. The van der Waals surface area contributed by atoms with Crippen molar-refractivity contribution < 1.29 is 14.1 Å². The van der Waals surface area contributed by atoms with Gasteiger partial charge in [-0.05, 0) is 44.5 Å². The van der Waals surface area contributed by atoms with Crippen LogP contribution in [0.15, 0.2) is 34.9 Å². The molecule has 0 saturated carbocycles. The van der Waals surface area contributed by atoms with Crippen molar-refractivity contribution in [3.05, 3.63) is 41.8 Å². The van der Waals surface area contributed by atoms with Gasteiger partial charge in [0.25, 0.3) is 5.91 Å².